The maximum Gasteiger partial charge on any atom is 0.306 e. The molecule has 0 saturated heterocycles. The lowest BCUT2D eigenvalue weighted by molar-refractivity contribution is -0.142. The molecule has 0 bridgehead atoms. The predicted octanol–water partition coefficient (Wildman–Crippen LogP) is 3.13. The SMILES string of the molecule is CCOC(=O)CC(C)Sc1cccc(OC)c1. The highest BCUT2D eigenvalue weighted by molar-refractivity contribution is 8.00. The minimum atomic E-state index is -0.143. The number of esters is 1. The highest BCUT2D eigenvalue weighted by Crippen LogP contribution is 2.28. The quantitative estimate of drug-likeness (QED) is 0.577. The van der Waals surface area contributed by atoms with Crippen molar-refractivity contribution in [3.63, 3.8) is 0 Å². The summed E-state index contributed by atoms with van der Waals surface area (Å²) >= 11 is 1.65. The van der Waals surface area contributed by atoms with Gasteiger partial charge in [0.2, 0.25) is 0 Å². The van der Waals surface area contributed by atoms with Crippen LogP contribution in [0.15, 0.2) is 29.2 Å². The van der Waals surface area contributed by atoms with Gasteiger partial charge in [-0.25, -0.2) is 0 Å². The van der Waals surface area contributed by atoms with E-state index in [1.165, 1.54) is 0 Å². The molecule has 0 fully saturated rings. The fraction of sp³-hybridized carbons (Fsp3) is 0.462. The van der Waals surface area contributed by atoms with E-state index in [0.29, 0.717) is 13.0 Å². The zero-order chi connectivity index (χ0) is 12.7. The lowest BCUT2D eigenvalue weighted by Gasteiger charge is -2.11. The zero-order valence-corrected chi connectivity index (χ0v) is 11.3. The Morgan fingerprint density at radius 3 is 2.88 bits per heavy atom. The topological polar surface area (TPSA) is 35.5 Å². The van der Waals surface area contributed by atoms with E-state index in [2.05, 4.69) is 0 Å². The zero-order valence-electron chi connectivity index (χ0n) is 10.4. The first-order chi connectivity index (χ1) is 8.15. The maximum atomic E-state index is 11.3. The van der Waals surface area contributed by atoms with E-state index in [9.17, 15) is 4.79 Å². The minimum absolute atomic E-state index is 0.143. The van der Waals surface area contributed by atoms with Gasteiger partial charge < -0.3 is 9.47 Å². The van der Waals surface area contributed by atoms with Gasteiger partial charge in [-0.15, -0.1) is 11.8 Å². The molecule has 3 nitrogen and oxygen atoms in total. The van der Waals surface area contributed by atoms with Crippen LogP contribution in [-0.2, 0) is 9.53 Å². The molecule has 0 aromatic heterocycles. The van der Waals surface area contributed by atoms with Crippen LogP contribution in [0, 0.1) is 0 Å². The van der Waals surface area contributed by atoms with Crippen molar-refractivity contribution in [3.05, 3.63) is 24.3 Å². The van der Waals surface area contributed by atoms with Crippen LogP contribution in [0.1, 0.15) is 20.3 Å². The number of ether oxygens (including phenoxy) is 2. The van der Waals surface area contributed by atoms with Crippen LogP contribution in [-0.4, -0.2) is 24.9 Å². The molecule has 1 aromatic rings. The monoisotopic (exact) mass is 254 g/mol. The van der Waals surface area contributed by atoms with Crippen molar-refractivity contribution in [2.45, 2.75) is 30.4 Å². The van der Waals surface area contributed by atoms with Crippen molar-refractivity contribution < 1.29 is 14.3 Å². The van der Waals surface area contributed by atoms with Crippen molar-refractivity contribution in [1.82, 2.24) is 0 Å². The summed E-state index contributed by atoms with van der Waals surface area (Å²) in [5.41, 5.74) is 0. The fourth-order valence-electron chi connectivity index (χ4n) is 1.40. The van der Waals surface area contributed by atoms with E-state index in [4.69, 9.17) is 9.47 Å². The summed E-state index contributed by atoms with van der Waals surface area (Å²) in [4.78, 5) is 12.4. The molecule has 0 spiro atoms. The fourth-order valence-corrected chi connectivity index (χ4v) is 2.43. The molecule has 94 valence electrons. The molecule has 17 heavy (non-hydrogen) atoms. The Balaban J connectivity index is 2.49. The summed E-state index contributed by atoms with van der Waals surface area (Å²) in [6.07, 6.45) is 0.426. The highest BCUT2D eigenvalue weighted by Gasteiger charge is 2.11. The van der Waals surface area contributed by atoms with Crippen molar-refractivity contribution in [3.8, 4) is 5.75 Å². The molecule has 0 amide bonds. The number of carbonyl (C=O) groups is 1. The Kier molecular flexibility index (Phi) is 5.91. The number of hydrogen-bond donors (Lipinski definition) is 0. The van der Waals surface area contributed by atoms with Crippen molar-refractivity contribution in [2.24, 2.45) is 0 Å². The average Bonchev–Trinajstić information content (AvgIpc) is 2.29. The lowest BCUT2D eigenvalue weighted by Crippen LogP contribution is -2.10. The number of thioether (sulfide) groups is 1. The van der Waals surface area contributed by atoms with Gasteiger partial charge in [0.05, 0.1) is 20.1 Å². The van der Waals surface area contributed by atoms with E-state index in [1.807, 2.05) is 38.1 Å². The van der Waals surface area contributed by atoms with Gasteiger partial charge in [0.25, 0.3) is 0 Å². The highest BCUT2D eigenvalue weighted by atomic mass is 32.2. The van der Waals surface area contributed by atoms with Gasteiger partial charge in [-0.05, 0) is 25.1 Å². The lowest BCUT2D eigenvalue weighted by atomic mass is 10.3. The largest absolute Gasteiger partial charge is 0.497 e. The summed E-state index contributed by atoms with van der Waals surface area (Å²) in [5, 5.41) is 0.196. The van der Waals surface area contributed by atoms with Gasteiger partial charge in [-0.1, -0.05) is 13.0 Å². The second-order valence-corrected chi connectivity index (χ2v) is 5.13. The molecule has 0 aliphatic rings. The van der Waals surface area contributed by atoms with Gasteiger partial charge in [0, 0.05) is 10.1 Å². The van der Waals surface area contributed by atoms with Gasteiger partial charge in [0.15, 0.2) is 0 Å². The van der Waals surface area contributed by atoms with Crippen LogP contribution in [0.4, 0.5) is 0 Å². The Hall–Kier alpha value is -1.16. The number of carbonyl (C=O) groups excluding carboxylic acids is 1. The Bertz CT molecular complexity index is 365. The molecule has 1 rings (SSSR count). The van der Waals surface area contributed by atoms with E-state index in [-0.39, 0.29) is 11.2 Å². The molecule has 1 atom stereocenters. The summed E-state index contributed by atoms with van der Waals surface area (Å²) < 4.78 is 10.1. The van der Waals surface area contributed by atoms with E-state index < -0.39 is 0 Å². The van der Waals surface area contributed by atoms with Crippen LogP contribution in [0.2, 0.25) is 0 Å². The average molecular weight is 254 g/mol. The Labute approximate surface area is 106 Å². The smallest absolute Gasteiger partial charge is 0.306 e. The third-order valence-electron chi connectivity index (χ3n) is 2.14. The first kappa shape index (κ1) is 13.9. The van der Waals surface area contributed by atoms with E-state index in [1.54, 1.807) is 18.9 Å². The van der Waals surface area contributed by atoms with Crippen LogP contribution in [0.5, 0.6) is 5.75 Å². The summed E-state index contributed by atoms with van der Waals surface area (Å²) in [6, 6.07) is 7.82. The van der Waals surface area contributed by atoms with Crippen LogP contribution >= 0.6 is 11.8 Å². The normalized spacial score (nSPS) is 11.9. The second-order valence-electron chi connectivity index (χ2n) is 3.62. The molecule has 1 unspecified atom stereocenters. The Morgan fingerprint density at radius 1 is 1.47 bits per heavy atom. The number of methoxy groups -OCH3 is 1. The van der Waals surface area contributed by atoms with Gasteiger partial charge >= 0.3 is 5.97 Å². The third kappa shape index (κ3) is 5.13. The molecular formula is C13H18O3S. The molecule has 0 radical (unpaired) electrons. The standard InChI is InChI=1S/C13H18O3S/c1-4-16-13(14)8-10(2)17-12-7-5-6-11(9-12)15-3/h5-7,9-10H,4,8H2,1-3H3. The van der Waals surface area contributed by atoms with Gasteiger partial charge in [-0.3, -0.25) is 4.79 Å². The molecular weight excluding hydrogens is 236 g/mol. The van der Waals surface area contributed by atoms with Gasteiger partial charge in [-0.2, -0.15) is 0 Å². The summed E-state index contributed by atoms with van der Waals surface area (Å²) in [7, 11) is 1.64. The van der Waals surface area contributed by atoms with Crippen LogP contribution < -0.4 is 4.74 Å². The first-order valence-corrected chi connectivity index (χ1v) is 6.50. The molecule has 1 aromatic carbocycles. The molecule has 0 N–H and O–H groups in total. The minimum Gasteiger partial charge on any atom is -0.497 e. The Morgan fingerprint density at radius 2 is 2.24 bits per heavy atom. The van der Waals surface area contributed by atoms with Crippen molar-refractivity contribution in [1.29, 1.82) is 0 Å². The number of rotatable bonds is 6. The third-order valence-corrected chi connectivity index (χ3v) is 3.23. The predicted molar refractivity (Wildman–Crippen MR) is 69.6 cm³/mol. The molecule has 0 heterocycles. The molecule has 0 aliphatic heterocycles. The van der Waals surface area contributed by atoms with Crippen LogP contribution in [0.3, 0.4) is 0 Å². The van der Waals surface area contributed by atoms with E-state index in [0.717, 1.165) is 10.6 Å². The summed E-state index contributed by atoms with van der Waals surface area (Å²) in [6.45, 7) is 4.27. The molecule has 0 aliphatic carbocycles. The van der Waals surface area contributed by atoms with Crippen molar-refractivity contribution >= 4 is 17.7 Å². The molecule has 4 heteroatoms. The molecule has 0 saturated carbocycles. The van der Waals surface area contributed by atoms with E-state index >= 15 is 0 Å². The second kappa shape index (κ2) is 7.22. The summed E-state index contributed by atoms with van der Waals surface area (Å²) in [5.74, 6) is 0.689. The van der Waals surface area contributed by atoms with Crippen molar-refractivity contribution in [2.75, 3.05) is 13.7 Å². The first-order valence-electron chi connectivity index (χ1n) is 5.62. The van der Waals surface area contributed by atoms with Crippen LogP contribution in [0.25, 0.3) is 0 Å². The number of hydrogen-bond acceptors (Lipinski definition) is 4. The number of benzene rings is 1. The van der Waals surface area contributed by atoms with Gasteiger partial charge in [0.1, 0.15) is 5.75 Å². The maximum absolute atomic E-state index is 11.3.